The fourth-order valence-electron chi connectivity index (χ4n) is 1.94. The summed E-state index contributed by atoms with van der Waals surface area (Å²) in [6.07, 6.45) is 2.06. The second kappa shape index (κ2) is 5.71. The van der Waals surface area contributed by atoms with Gasteiger partial charge in [0.05, 0.1) is 6.10 Å². The Labute approximate surface area is 104 Å². The minimum absolute atomic E-state index is 0.124. The topological polar surface area (TPSA) is 61.4 Å². The van der Waals surface area contributed by atoms with Gasteiger partial charge in [-0.25, -0.2) is 4.79 Å². The Kier molecular flexibility index (Phi) is 4.80. The van der Waals surface area contributed by atoms with Crippen LogP contribution in [0.15, 0.2) is 0 Å². The predicted octanol–water partition coefficient (Wildman–Crippen LogP) is 1.74. The van der Waals surface area contributed by atoms with Gasteiger partial charge in [-0.15, -0.1) is 0 Å². The van der Waals surface area contributed by atoms with Crippen molar-refractivity contribution in [2.75, 3.05) is 13.1 Å². The molecule has 1 unspecified atom stereocenters. The first-order chi connectivity index (χ1) is 7.83. The molecule has 100 valence electrons. The third kappa shape index (κ3) is 4.94. The normalized spacial score (nSPS) is 18.0. The zero-order chi connectivity index (χ0) is 13.1. The molecule has 1 aliphatic rings. The van der Waals surface area contributed by atoms with Crippen molar-refractivity contribution in [1.29, 1.82) is 0 Å². The van der Waals surface area contributed by atoms with Gasteiger partial charge in [-0.1, -0.05) is 27.7 Å². The van der Waals surface area contributed by atoms with E-state index in [1.165, 1.54) is 12.8 Å². The SMILES string of the molecule is CC(C)C(O)C(C)(C)CNC(=O)NCC1CC1. The number of aliphatic hydroxyl groups excluding tert-OH is 1. The molecule has 0 bridgehead atoms. The molecule has 0 aromatic heterocycles. The molecule has 1 aliphatic carbocycles. The molecule has 0 aromatic carbocycles. The number of carbonyl (C=O) groups is 1. The molecule has 2 amide bonds. The monoisotopic (exact) mass is 242 g/mol. The molecule has 0 radical (unpaired) electrons. The number of aliphatic hydroxyl groups is 1. The van der Waals surface area contributed by atoms with Crippen LogP contribution in [0.5, 0.6) is 0 Å². The molecule has 1 fully saturated rings. The van der Waals surface area contributed by atoms with Gasteiger partial charge in [0.2, 0.25) is 0 Å². The maximum absolute atomic E-state index is 11.5. The van der Waals surface area contributed by atoms with E-state index in [1.807, 2.05) is 27.7 Å². The number of urea groups is 1. The van der Waals surface area contributed by atoms with Crippen molar-refractivity contribution >= 4 is 6.03 Å². The van der Waals surface area contributed by atoms with Crippen LogP contribution in [0.3, 0.4) is 0 Å². The van der Waals surface area contributed by atoms with Crippen LogP contribution in [0.2, 0.25) is 0 Å². The lowest BCUT2D eigenvalue weighted by Gasteiger charge is -2.33. The van der Waals surface area contributed by atoms with Crippen LogP contribution in [0.1, 0.15) is 40.5 Å². The van der Waals surface area contributed by atoms with Crippen LogP contribution in [-0.4, -0.2) is 30.3 Å². The standard InChI is InChI=1S/C13H26N2O2/c1-9(2)11(16)13(3,4)8-15-12(17)14-7-10-5-6-10/h9-11,16H,5-8H2,1-4H3,(H2,14,15,17). The number of rotatable bonds is 6. The van der Waals surface area contributed by atoms with E-state index in [-0.39, 0.29) is 17.4 Å². The summed E-state index contributed by atoms with van der Waals surface area (Å²) in [4.78, 5) is 11.5. The average Bonchev–Trinajstić information content (AvgIpc) is 3.06. The first-order valence-electron chi connectivity index (χ1n) is 6.52. The Morgan fingerprint density at radius 3 is 2.41 bits per heavy atom. The van der Waals surface area contributed by atoms with E-state index in [2.05, 4.69) is 10.6 Å². The third-order valence-corrected chi connectivity index (χ3v) is 3.38. The first kappa shape index (κ1) is 14.3. The molecule has 0 saturated heterocycles. The number of carbonyl (C=O) groups excluding carboxylic acids is 1. The molecule has 0 spiro atoms. The number of hydrogen-bond donors (Lipinski definition) is 3. The van der Waals surface area contributed by atoms with Crippen molar-refractivity contribution in [2.24, 2.45) is 17.3 Å². The van der Waals surface area contributed by atoms with Crippen molar-refractivity contribution in [1.82, 2.24) is 10.6 Å². The van der Waals surface area contributed by atoms with Gasteiger partial charge in [-0.2, -0.15) is 0 Å². The quantitative estimate of drug-likeness (QED) is 0.664. The van der Waals surface area contributed by atoms with Gasteiger partial charge >= 0.3 is 6.03 Å². The average molecular weight is 242 g/mol. The maximum atomic E-state index is 11.5. The summed E-state index contributed by atoms with van der Waals surface area (Å²) >= 11 is 0. The molecule has 1 saturated carbocycles. The summed E-state index contributed by atoms with van der Waals surface area (Å²) < 4.78 is 0. The van der Waals surface area contributed by atoms with Crippen LogP contribution in [0.25, 0.3) is 0 Å². The van der Waals surface area contributed by atoms with Gasteiger partial charge in [0, 0.05) is 18.5 Å². The molecular weight excluding hydrogens is 216 g/mol. The molecule has 0 heterocycles. The smallest absolute Gasteiger partial charge is 0.314 e. The van der Waals surface area contributed by atoms with Crippen LogP contribution >= 0.6 is 0 Å². The van der Waals surface area contributed by atoms with Crippen molar-refractivity contribution in [3.63, 3.8) is 0 Å². The largest absolute Gasteiger partial charge is 0.392 e. The lowest BCUT2D eigenvalue weighted by Crippen LogP contribution is -2.46. The highest BCUT2D eigenvalue weighted by Gasteiger charge is 2.30. The Bertz CT molecular complexity index is 260. The van der Waals surface area contributed by atoms with E-state index in [0.717, 1.165) is 6.54 Å². The Morgan fingerprint density at radius 2 is 1.94 bits per heavy atom. The van der Waals surface area contributed by atoms with E-state index in [4.69, 9.17) is 0 Å². The molecular formula is C13H26N2O2. The second-order valence-corrected chi connectivity index (χ2v) is 6.18. The lowest BCUT2D eigenvalue weighted by atomic mass is 9.81. The Morgan fingerprint density at radius 1 is 1.35 bits per heavy atom. The highest BCUT2D eigenvalue weighted by Crippen LogP contribution is 2.27. The van der Waals surface area contributed by atoms with Crippen LogP contribution in [-0.2, 0) is 0 Å². The number of nitrogens with one attached hydrogen (secondary N) is 2. The predicted molar refractivity (Wildman–Crippen MR) is 68.8 cm³/mol. The van der Waals surface area contributed by atoms with E-state index >= 15 is 0 Å². The van der Waals surface area contributed by atoms with Gasteiger partial charge < -0.3 is 15.7 Å². The highest BCUT2D eigenvalue weighted by molar-refractivity contribution is 5.73. The van der Waals surface area contributed by atoms with Crippen molar-refractivity contribution in [2.45, 2.75) is 46.6 Å². The highest BCUT2D eigenvalue weighted by atomic mass is 16.3. The Balaban J connectivity index is 2.24. The summed E-state index contributed by atoms with van der Waals surface area (Å²) in [6, 6.07) is -0.124. The molecule has 3 N–H and O–H groups in total. The van der Waals surface area contributed by atoms with E-state index < -0.39 is 6.10 Å². The van der Waals surface area contributed by atoms with Gasteiger partial charge in [0.15, 0.2) is 0 Å². The van der Waals surface area contributed by atoms with E-state index in [1.54, 1.807) is 0 Å². The third-order valence-electron chi connectivity index (χ3n) is 3.38. The summed E-state index contributed by atoms with van der Waals surface area (Å²) in [5.74, 6) is 0.885. The summed E-state index contributed by atoms with van der Waals surface area (Å²) in [5, 5.41) is 15.7. The molecule has 0 aliphatic heterocycles. The fraction of sp³-hybridized carbons (Fsp3) is 0.923. The van der Waals surface area contributed by atoms with E-state index in [9.17, 15) is 9.90 Å². The minimum atomic E-state index is -0.411. The molecule has 4 nitrogen and oxygen atoms in total. The van der Waals surface area contributed by atoms with Crippen LogP contribution < -0.4 is 10.6 Å². The van der Waals surface area contributed by atoms with Crippen molar-refractivity contribution in [3.05, 3.63) is 0 Å². The van der Waals surface area contributed by atoms with Gasteiger partial charge in [0.25, 0.3) is 0 Å². The summed E-state index contributed by atoms with van der Waals surface area (Å²) in [5.41, 5.74) is -0.301. The lowest BCUT2D eigenvalue weighted by molar-refractivity contribution is 0.0151. The number of amides is 2. The Hall–Kier alpha value is -0.770. The summed E-state index contributed by atoms with van der Waals surface area (Å²) in [7, 11) is 0. The molecule has 0 aromatic rings. The van der Waals surface area contributed by atoms with Gasteiger partial charge in [-0.3, -0.25) is 0 Å². The number of hydrogen-bond acceptors (Lipinski definition) is 2. The fourth-order valence-corrected chi connectivity index (χ4v) is 1.94. The van der Waals surface area contributed by atoms with Gasteiger partial charge in [0.1, 0.15) is 0 Å². The minimum Gasteiger partial charge on any atom is -0.392 e. The second-order valence-electron chi connectivity index (χ2n) is 6.18. The summed E-state index contributed by atoms with van der Waals surface area (Å²) in [6.45, 7) is 9.18. The molecule has 1 rings (SSSR count). The maximum Gasteiger partial charge on any atom is 0.314 e. The molecule has 17 heavy (non-hydrogen) atoms. The molecule has 4 heteroatoms. The van der Waals surface area contributed by atoms with Crippen LogP contribution in [0.4, 0.5) is 4.79 Å². The molecule has 1 atom stereocenters. The van der Waals surface area contributed by atoms with E-state index in [0.29, 0.717) is 12.5 Å². The van der Waals surface area contributed by atoms with Crippen molar-refractivity contribution in [3.8, 4) is 0 Å². The zero-order valence-corrected chi connectivity index (χ0v) is 11.4. The zero-order valence-electron chi connectivity index (χ0n) is 11.4. The van der Waals surface area contributed by atoms with Gasteiger partial charge in [-0.05, 0) is 24.7 Å². The first-order valence-corrected chi connectivity index (χ1v) is 6.52. The van der Waals surface area contributed by atoms with Crippen molar-refractivity contribution < 1.29 is 9.90 Å². The van der Waals surface area contributed by atoms with Crippen LogP contribution in [0, 0.1) is 17.3 Å².